The molecule has 0 radical (unpaired) electrons. The molecule has 7 heteroatoms. The Labute approximate surface area is 141 Å². The van der Waals surface area contributed by atoms with Gasteiger partial charge in [0.05, 0.1) is 6.04 Å². The summed E-state index contributed by atoms with van der Waals surface area (Å²) in [6.45, 7) is 3.58. The van der Waals surface area contributed by atoms with Crippen LogP contribution in [0, 0.1) is 0 Å². The van der Waals surface area contributed by atoms with Gasteiger partial charge in [0, 0.05) is 43.9 Å². The molecule has 24 heavy (non-hydrogen) atoms. The van der Waals surface area contributed by atoms with Crippen molar-refractivity contribution in [3.05, 3.63) is 48.5 Å². The van der Waals surface area contributed by atoms with Crippen molar-refractivity contribution in [1.29, 1.82) is 0 Å². The lowest BCUT2D eigenvalue weighted by molar-refractivity contribution is 0.232. The number of aromatic nitrogens is 3. The number of nitrogens with one attached hydrogen (secondary N) is 2. The number of urea groups is 1. The van der Waals surface area contributed by atoms with Gasteiger partial charge < -0.3 is 15.5 Å². The van der Waals surface area contributed by atoms with Gasteiger partial charge in [-0.3, -0.25) is 4.98 Å². The highest BCUT2D eigenvalue weighted by Crippen LogP contribution is 2.15. The summed E-state index contributed by atoms with van der Waals surface area (Å²) in [6, 6.07) is 5.46. The van der Waals surface area contributed by atoms with E-state index < -0.39 is 0 Å². The van der Waals surface area contributed by atoms with Gasteiger partial charge in [0.15, 0.2) is 0 Å². The SMILES string of the molecule is CC(NC(=O)NC1CCCN(c2ncccn2)C1)c1cccnc1. The standard InChI is InChI=1S/C17H22N6O/c1-13(14-5-2-7-18-11-14)21-17(24)22-15-6-3-10-23(12-15)16-19-8-4-9-20-16/h2,4-5,7-9,11,13,15H,3,6,10,12H2,1H3,(H2,21,22,24). The maximum Gasteiger partial charge on any atom is 0.315 e. The Balaban J connectivity index is 1.53. The summed E-state index contributed by atoms with van der Waals surface area (Å²) in [7, 11) is 0. The predicted molar refractivity (Wildman–Crippen MR) is 91.6 cm³/mol. The molecule has 1 aliphatic heterocycles. The molecule has 1 saturated heterocycles. The zero-order valence-corrected chi connectivity index (χ0v) is 13.7. The van der Waals surface area contributed by atoms with E-state index >= 15 is 0 Å². The number of hydrogen-bond acceptors (Lipinski definition) is 5. The number of carbonyl (C=O) groups is 1. The second-order valence-corrected chi connectivity index (χ2v) is 5.96. The molecule has 1 aliphatic rings. The minimum atomic E-state index is -0.160. The van der Waals surface area contributed by atoms with Crippen LogP contribution in [0.5, 0.6) is 0 Å². The summed E-state index contributed by atoms with van der Waals surface area (Å²) in [5.74, 6) is 0.716. The summed E-state index contributed by atoms with van der Waals surface area (Å²) in [6.07, 6.45) is 8.92. The lowest BCUT2D eigenvalue weighted by atomic mass is 10.1. The van der Waals surface area contributed by atoms with Gasteiger partial charge in [0.1, 0.15) is 0 Å². The molecule has 3 rings (SSSR count). The second kappa shape index (κ2) is 7.72. The predicted octanol–water partition coefficient (Wildman–Crippen LogP) is 1.90. The van der Waals surface area contributed by atoms with Crippen LogP contribution in [0.15, 0.2) is 43.0 Å². The van der Waals surface area contributed by atoms with Crippen molar-refractivity contribution in [1.82, 2.24) is 25.6 Å². The molecule has 2 amide bonds. The van der Waals surface area contributed by atoms with Gasteiger partial charge in [-0.15, -0.1) is 0 Å². The molecule has 2 unspecified atom stereocenters. The summed E-state index contributed by atoms with van der Waals surface area (Å²) in [5.41, 5.74) is 0.982. The third-order valence-electron chi connectivity index (χ3n) is 4.12. The molecule has 126 valence electrons. The van der Waals surface area contributed by atoms with Crippen LogP contribution >= 0.6 is 0 Å². The Morgan fingerprint density at radius 1 is 1.29 bits per heavy atom. The highest BCUT2D eigenvalue weighted by molar-refractivity contribution is 5.74. The van der Waals surface area contributed by atoms with E-state index in [1.807, 2.05) is 19.1 Å². The molecule has 1 fully saturated rings. The Morgan fingerprint density at radius 3 is 2.88 bits per heavy atom. The van der Waals surface area contributed by atoms with Crippen LogP contribution < -0.4 is 15.5 Å². The Hall–Kier alpha value is -2.70. The van der Waals surface area contributed by atoms with E-state index in [1.54, 1.807) is 30.9 Å². The fourth-order valence-electron chi connectivity index (χ4n) is 2.87. The monoisotopic (exact) mass is 326 g/mol. The number of carbonyl (C=O) groups excluding carboxylic acids is 1. The third-order valence-corrected chi connectivity index (χ3v) is 4.12. The number of amides is 2. The molecular weight excluding hydrogens is 304 g/mol. The molecule has 2 atom stereocenters. The normalized spacial score (nSPS) is 18.7. The van der Waals surface area contributed by atoms with Gasteiger partial charge in [0.2, 0.25) is 5.95 Å². The molecule has 0 aliphatic carbocycles. The minimum absolute atomic E-state index is 0.0867. The van der Waals surface area contributed by atoms with Gasteiger partial charge >= 0.3 is 6.03 Å². The zero-order valence-electron chi connectivity index (χ0n) is 13.7. The van der Waals surface area contributed by atoms with Crippen LogP contribution in [-0.2, 0) is 0 Å². The first-order valence-electron chi connectivity index (χ1n) is 8.21. The largest absolute Gasteiger partial charge is 0.339 e. The molecule has 2 aromatic heterocycles. The van der Waals surface area contributed by atoms with Crippen molar-refractivity contribution in [3.8, 4) is 0 Å². The van der Waals surface area contributed by atoms with E-state index in [4.69, 9.17) is 0 Å². The number of anilines is 1. The lowest BCUT2D eigenvalue weighted by Crippen LogP contribution is -2.51. The highest BCUT2D eigenvalue weighted by Gasteiger charge is 2.23. The number of nitrogens with zero attached hydrogens (tertiary/aromatic N) is 4. The number of rotatable bonds is 4. The molecule has 0 saturated carbocycles. The van der Waals surface area contributed by atoms with Crippen LogP contribution in [0.3, 0.4) is 0 Å². The number of hydrogen-bond donors (Lipinski definition) is 2. The number of piperidine rings is 1. The lowest BCUT2D eigenvalue weighted by Gasteiger charge is -2.33. The van der Waals surface area contributed by atoms with E-state index in [0.717, 1.165) is 31.5 Å². The van der Waals surface area contributed by atoms with Crippen molar-refractivity contribution in [2.75, 3.05) is 18.0 Å². The van der Waals surface area contributed by atoms with Crippen molar-refractivity contribution in [3.63, 3.8) is 0 Å². The van der Waals surface area contributed by atoms with E-state index in [2.05, 4.69) is 30.5 Å². The Kier molecular flexibility index (Phi) is 5.20. The van der Waals surface area contributed by atoms with E-state index in [9.17, 15) is 4.79 Å². The van der Waals surface area contributed by atoms with E-state index in [-0.39, 0.29) is 18.1 Å². The van der Waals surface area contributed by atoms with Gasteiger partial charge in [0.25, 0.3) is 0 Å². The third kappa shape index (κ3) is 4.18. The van der Waals surface area contributed by atoms with Crippen LogP contribution in [0.25, 0.3) is 0 Å². The molecule has 0 bridgehead atoms. The topological polar surface area (TPSA) is 83.0 Å². The summed E-state index contributed by atoms with van der Waals surface area (Å²) < 4.78 is 0. The molecule has 0 aromatic carbocycles. The zero-order chi connectivity index (χ0) is 16.8. The molecule has 3 heterocycles. The first-order chi connectivity index (χ1) is 11.7. The molecule has 2 N–H and O–H groups in total. The van der Waals surface area contributed by atoms with Gasteiger partial charge in [-0.1, -0.05) is 6.07 Å². The van der Waals surface area contributed by atoms with Gasteiger partial charge in [-0.2, -0.15) is 0 Å². The Bertz CT molecular complexity index is 651. The smallest absolute Gasteiger partial charge is 0.315 e. The first kappa shape index (κ1) is 16.2. The average molecular weight is 326 g/mol. The fourth-order valence-corrected chi connectivity index (χ4v) is 2.87. The number of pyridine rings is 1. The quantitative estimate of drug-likeness (QED) is 0.896. The summed E-state index contributed by atoms with van der Waals surface area (Å²) in [5, 5.41) is 6.01. The fraction of sp³-hybridized carbons (Fsp3) is 0.412. The van der Waals surface area contributed by atoms with E-state index in [0.29, 0.717) is 5.95 Å². The van der Waals surface area contributed by atoms with Gasteiger partial charge in [-0.05, 0) is 37.5 Å². The second-order valence-electron chi connectivity index (χ2n) is 5.96. The van der Waals surface area contributed by atoms with E-state index in [1.165, 1.54) is 0 Å². The summed E-state index contributed by atoms with van der Waals surface area (Å²) in [4.78, 5) is 27.0. The maximum absolute atomic E-state index is 12.2. The Morgan fingerprint density at radius 2 is 2.12 bits per heavy atom. The van der Waals surface area contributed by atoms with Crippen LogP contribution in [0.1, 0.15) is 31.4 Å². The van der Waals surface area contributed by atoms with Crippen molar-refractivity contribution in [2.45, 2.75) is 31.8 Å². The average Bonchev–Trinajstić information content (AvgIpc) is 2.63. The van der Waals surface area contributed by atoms with Crippen molar-refractivity contribution in [2.24, 2.45) is 0 Å². The molecule has 0 spiro atoms. The summed E-state index contributed by atoms with van der Waals surface area (Å²) >= 11 is 0. The van der Waals surface area contributed by atoms with Crippen LogP contribution in [-0.4, -0.2) is 40.1 Å². The van der Waals surface area contributed by atoms with Crippen molar-refractivity contribution >= 4 is 12.0 Å². The first-order valence-corrected chi connectivity index (χ1v) is 8.21. The minimum Gasteiger partial charge on any atom is -0.339 e. The van der Waals surface area contributed by atoms with Crippen molar-refractivity contribution < 1.29 is 4.79 Å². The van der Waals surface area contributed by atoms with Gasteiger partial charge in [-0.25, -0.2) is 14.8 Å². The van der Waals surface area contributed by atoms with Crippen LogP contribution in [0.4, 0.5) is 10.7 Å². The van der Waals surface area contributed by atoms with Crippen LogP contribution in [0.2, 0.25) is 0 Å². The molecule has 2 aromatic rings. The maximum atomic E-state index is 12.2. The highest BCUT2D eigenvalue weighted by atomic mass is 16.2. The molecule has 7 nitrogen and oxygen atoms in total. The molecular formula is C17H22N6O.